The molecule has 0 radical (unpaired) electrons. The SMILES string of the molecule is Cc1cc(Br)c(C(O)CC(C)C)cc1C. The summed E-state index contributed by atoms with van der Waals surface area (Å²) >= 11 is 3.51. The van der Waals surface area contributed by atoms with Gasteiger partial charge in [-0.15, -0.1) is 0 Å². The Labute approximate surface area is 101 Å². The first-order chi connectivity index (χ1) is 6.91. The minimum Gasteiger partial charge on any atom is -0.388 e. The van der Waals surface area contributed by atoms with E-state index in [1.807, 2.05) is 0 Å². The summed E-state index contributed by atoms with van der Waals surface area (Å²) in [6, 6.07) is 4.15. The number of hydrogen-bond donors (Lipinski definition) is 1. The number of aryl methyl sites for hydroxylation is 2. The molecule has 2 heteroatoms. The molecule has 0 spiro atoms. The van der Waals surface area contributed by atoms with Gasteiger partial charge in [-0.2, -0.15) is 0 Å². The second kappa shape index (κ2) is 5.13. The van der Waals surface area contributed by atoms with E-state index < -0.39 is 0 Å². The van der Waals surface area contributed by atoms with Crippen LogP contribution in [0.3, 0.4) is 0 Å². The van der Waals surface area contributed by atoms with Gasteiger partial charge in [0.05, 0.1) is 6.10 Å². The van der Waals surface area contributed by atoms with Crippen LogP contribution in [-0.4, -0.2) is 5.11 Å². The summed E-state index contributed by atoms with van der Waals surface area (Å²) in [5.74, 6) is 0.508. The van der Waals surface area contributed by atoms with Gasteiger partial charge in [-0.3, -0.25) is 0 Å². The minimum atomic E-state index is -0.362. The molecule has 0 aliphatic heterocycles. The molecular weight excluding hydrogens is 252 g/mol. The number of halogens is 1. The molecule has 15 heavy (non-hydrogen) atoms. The van der Waals surface area contributed by atoms with Crippen LogP contribution in [-0.2, 0) is 0 Å². The highest BCUT2D eigenvalue weighted by Crippen LogP contribution is 2.30. The van der Waals surface area contributed by atoms with Gasteiger partial charge in [0.1, 0.15) is 0 Å². The molecule has 1 nitrogen and oxygen atoms in total. The Morgan fingerprint density at radius 2 is 1.73 bits per heavy atom. The number of aliphatic hydroxyl groups is 1. The molecule has 0 saturated heterocycles. The third-order valence-corrected chi connectivity index (χ3v) is 3.35. The van der Waals surface area contributed by atoms with Crippen LogP contribution in [0.5, 0.6) is 0 Å². The van der Waals surface area contributed by atoms with Crippen LogP contribution in [0.2, 0.25) is 0 Å². The van der Waals surface area contributed by atoms with E-state index in [0.717, 1.165) is 16.5 Å². The van der Waals surface area contributed by atoms with Crippen molar-refractivity contribution in [2.45, 2.75) is 40.2 Å². The molecule has 1 N–H and O–H groups in total. The van der Waals surface area contributed by atoms with Gasteiger partial charge in [0.25, 0.3) is 0 Å². The third kappa shape index (κ3) is 3.32. The van der Waals surface area contributed by atoms with E-state index in [4.69, 9.17) is 0 Å². The maximum atomic E-state index is 10.1. The Kier molecular flexibility index (Phi) is 4.35. The van der Waals surface area contributed by atoms with Gasteiger partial charge < -0.3 is 5.11 Å². The molecule has 1 atom stereocenters. The molecule has 1 rings (SSSR count). The fraction of sp³-hybridized carbons (Fsp3) is 0.538. The number of rotatable bonds is 3. The van der Waals surface area contributed by atoms with E-state index in [1.54, 1.807) is 0 Å². The average Bonchev–Trinajstić information content (AvgIpc) is 2.09. The zero-order valence-electron chi connectivity index (χ0n) is 9.84. The minimum absolute atomic E-state index is 0.362. The van der Waals surface area contributed by atoms with Crippen LogP contribution in [0.4, 0.5) is 0 Å². The molecular formula is C13H19BrO. The lowest BCUT2D eigenvalue weighted by Gasteiger charge is -2.16. The fourth-order valence-electron chi connectivity index (χ4n) is 1.63. The zero-order valence-corrected chi connectivity index (χ0v) is 11.4. The van der Waals surface area contributed by atoms with Crippen LogP contribution in [0.25, 0.3) is 0 Å². The van der Waals surface area contributed by atoms with E-state index in [9.17, 15) is 5.11 Å². The van der Waals surface area contributed by atoms with Gasteiger partial charge in [-0.25, -0.2) is 0 Å². The summed E-state index contributed by atoms with van der Waals surface area (Å²) in [7, 11) is 0. The molecule has 0 amide bonds. The van der Waals surface area contributed by atoms with E-state index in [-0.39, 0.29) is 6.10 Å². The molecule has 0 bridgehead atoms. The highest BCUT2D eigenvalue weighted by Gasteiger charge is 2.13. The maximum Gasteiger partial charge on any atom is 0.0803 e. The van der Waals surface area contributed by atoms with Crippen LogP contribution in [0.15, 0.2) is 16.6 Å². The normalized spacial score (nSPS) is 13.3. The fourth-order valence-corrected chi connectivity index (χ4v) is 2.35. The van der Waals surface area contributed by atoms with Crippen molar-refractivity contribution in [3.05, 3.63) is 33.3 Å². The lowest BCUT2D eigenvalue weighted by atomic mass is 9.97. The van der Waals surface area contributed by atoms with Gasteiger partial charge in [0.15, 0.2) is 0 Å². The van der Waals surface area contributed by atoms with Crippen molar-refractivity contribution in [2.75, 3.05) is 0 Å². The van der Waals surface area contributed by atoms with E-state index in [1.165, 1.54) is 11.1 Å². The number of hydrogen-bond acceptors (Lipinski definition) is 1. The van der Waals surface area contributed by atoms with Gasteiger partial charge in [0.2, 0.25) is 0 Å². The Hall–Kier alpha value is -0.340. The summed E-state index contributed by atoms with van der Waals surface area (Å²) in [5.41, 5.74) is 3.49. The van der Waals surface area contributed by atoms with Crippen molar-refractivity contribution < 1.29 is 5.11 Å². The van der Waals surface area contributed by atoms with Crippen LogP contribution < -0.4 is 0 Å². The first-order valence-corrected chi connectivity index (χ1v) is 6.15. The third-order valence-electron chi connectivity index (χ3n) is 2.67. The quantitative estimate of drug-likeness (QED) is 0.875. The number of benzene rings is 1. The molecule has 84 valence electrons. The van der Waals surface area contributed by atoms with Gasteiger partial charge in [-0.1, -0.05) is 35.8 Å². The molecule has 0 aliphatic carbocycles. The zero-order chi connectivity index (χ0) is 11.6. The monoisotopic (exact) mass is 270 g/mol. The van der Waals surface area contributed by atoms with E-state index in [2.05, 4.69) is 55.8 Å². The molecule has 0 aromatic heterocycles. The van der Waals surface area contributed by atoms with Gasteiger partial charge >= 0.3 is 0 Å². The highest BCUT2D eigenvalue weighted by atomic mass is 79.9. The molecule has 0 heterocycles. The van der Waals surface area contributed by atoms with Crippen molar-refractivity contribution in [3.8, 4) is 0 Å². The largest absolute Gasteiger partial charge is 0.388 e. The second-order valence-electron chi connectivity index (χ2n) is 4.60. The van der Waals surface area contributed by atoms with Crippen molar-refractivity contribution in [1.29, 1.82) is 0 Å². The Morgan fingerprint density at radius 3 is 2.27 bits per heavy atom. The molecule has 0 saturated carbocycles. The van der Waals surface area contributed by atoms with Crippen LogP contribution >= 0.6 is 15.9 Å². The Balaban J connectivity index is 2.98. The van der Waals surface area contributed by atoms with Crippen molar-refractivity contribution >= 4 is 15.9 Å². The van der Waals surface area contributed by atoms with Crippen LogP contribution in [0, 0.1) is 19.8 Å². The van der Waals surface area contributed by atoms with Gasteiger partial charge in [0, 0.05) is 4.47 Å². The second-order valence-corrected chi connectivity index (χ2v) is 5.46. The van der Waals surface area contributed by atoms with Gasteiger partial charge in [-0.05, 0) is 48.9 Å². The summed E-state index contributed by atoms with van der Waals surface area (Å²) in [6.07, 6.45) is 0.444. The van der Waals surface area contributed by atoms with Crippen molar-refractivity contribution in [1.82, 2.24) is 0 Å². The first-order valence-electron chi connectivity index (χ1n) is 5.36. The topological polar surface area (TPSA) is 20.2 Å². The summed E-state index contributed by atoms with van der Waals surface area (Å²) in [5, 5.41) is 10.1. The Bertz CT molecular complexity index is 345. The highest BCUT2D eigenvalue weighted by molar-refractivity contribution is 9.10. The average molecular weight is 271 g/mol. The summed E-state index contributed by atoms with van der Waals surface area (Å²) in [6.45, 7) is 8.41. The predicted molar refractivity (Wildman–Crippen MR) is 68.0 cm³/mol. The molecule has 1 aromatic carbocycles. The summed E-state index contributed by atoms with van der Waals surface area (Å²) < 4.78 is 1.01. The maximum absolute atomic E-state index is 10.1. The molecule has 0 aliphatic rings. The smallest absolute Gasteiger partial charge is 0.0803 e. The standard InChI is InChI=1S/C13H19BrO/c1-8(2)5-13(15)11-6-9(3)10(4)7-12(11)14/h6-8,13,15H,5H2,1-4H3. The van der Waals surface area contributed by atoms with E-state index in [0.29, 0.717) is 5.92 Å². The molecule has 0 fully saturated rings. The number of aliphatic hydroxyl groups excluding tert-OH is 1. The van der Waals surface area contributed by atoms with E-state index >= 15 is 0 Å². The molecule has 1 unspecified atom stereocenters. The molecule has 1 aromatic rings. The lowest BCUT2D eigenvalue weighted by Crippen LogP contribution is -2.03. The first kappa shape index (κ1) is 12.7. The van der Waals surface area contributed by atoms with Crippen molar-refractivity contribution in [3.63, 3.8) is 0 Å². The Morgan fingerprint density at radius 1 is 1.20 bits per heavy atom. The lowest BCUT2D eigenvalue weighted by molar-refractivity contribution is 0.150. The van der Waals surface area contributed by atoms with Crippen LogP contribution in [0.1, 0.15) is 43.1 Å². The predicted octanol–water partition coefficient (Wildman–Crippen LogP) is 4.15. The van der Waals surface area contributed by atoms with Crippen molar-refractivity contribution in [2.24, 2.45) is 5.92 Å². The summed E-state index contributed by atoms with van der Waals surface area (Å²) in [4.78, 5) is 0.